The molecule has 0 aliphatic carbocycles. The number of aryl methyl sites for hydroxylation is 1. The molecule has 0 radical (unpaired) electrons. The van der Waals surface area contributed by atoms with Crippen molar-refractivity contribution in [1.82, 2.24) is 0 Å². The average molecular weight is 193 g/mol. The van der Waals surface area contributed by atoms with Gasteiger partial charge in [-0.2, -0.15) is 0 Å². The van der Waals surface area contributed by atoms with Crippen LogP contribution in [0.15, 0.2) is 18.2 Å². The number of nitrogens with two attached hydrogens (primary N) is 1. The maximum Gasteiger partial charge on any atom is 0.123 e. The SMILES string of the molecule is CCCCc1ccc(OC)c(CN)c1. The molecule has 14 heavy (non-hydrogen) atoms. The van der Waals surface area contributed by atoms with Gasteiger partial charge in [0, 0.05) is 12.1 Å². The highest BCUT2D eigenvalue weighted by atomic mass is 16.5. The first kappa shape index (κ1) is 11.1. The molecule has 0 aromatic heterocycles. The minimum absolute atomic E-state index is 0.545. The van der Waals surface area contributed by atoms with Crippen molar-refractivity contribution in [2.24, 2.45) is 5.73 Å². The fourth-order valence-electron chi connectivity index (χ4n) is 1.53. The van der Waals surface area contributed by atoms with Crippen LogP contribution in [0, 0.1) is 0 Å². The molecule has 0 amide bonds. The van der Waals surface area contributed by atoms with Gasteiger partial charge in [0.2, 0.25) is 0 Å². The second-order valence-corrected chi connectivity index (χ2v) is 3.45. The summed E-state index contributed by atoms with van der Waals surface area (Å²) in [6.07, 6.45) is 3.59. The lowest BCUT2D eigenvalue weighted by molar-refractivity contribution is 0.409. The van der Waals surface area contributed by atoms with E-state index >= 15 is 0 Å². The third-order valence-corrected chi connectivity index (χ3v) is 2.38. The van der Waals surface area contributed by atoms with E-state index in [2.05, 4.69) is 19.1 Å². The van der Waals surface area contributed by atoms with E-state index in [1.807, 2.05) is 6.07 Å². The largest absolute Gasteiger partial charge is 0.496 e. The predicted octanol–water partition coefficient (Wildman–Crippen LogP) is 2.50. The van der Waals surface area contributed by atoms with E-state index < -0.39 is 0 Å². The van der Waals surface area contributed by atoms with Crippen LogP contribution in [-0.2, 0) is 13.0 Å². The molecule has 0 aliphatic heterocycles. The van der Waals surface area contributed by atoms with Crippen molar-refractivity contribution in [2.75, 3.05) is 7.11 Å². The van der Waals surface area contributed by atoms with Crippen LogP contribution in [0.1, 0.15) is 30.9 Å². The Morgan fingerprint density at radius 2 is 2.14 bits per heavy atom. The van der Waals surface area contributed by atoms with Crippen LogP contribution in [0.25, 0.3) is 0 Å². The van der Waals surface area contributed by atoms with Crippen molar-refractivity contribution in [2.45, 2.75) is 32.7 Å². The standard InChI is InChI=1S/C12H19NO/c1-3-4-5-10-6-7-12(14-2)11(8-10)9-13/h6-8H,3-5,9,13H2,1-2H3. The summed E-state index contributed by atoms with van der Waals surface area (Å²) in [6, 6.07) is 6.27. The Kier molecular flexibility index (Phi) is 4.47. The quantitative estimate of drug-likeness (QED) is 0.779. The predicted molar refractivity (Wildman–Crippen MR) is 59.5 cm³/mol. The molecule has 0 heterocycles. The number of rotatable bonds is 5. The van der Waals surface area contributed by atoms with Gasteiger partial charge < -0.3 is 10.5 Å². The second-order valence-electron chi connectivity index (χ2n) is 3.45. The number of hydrogen-bond acceptors (Lipinski definition) is 2. The Labute approximate surface area is 86.1 Å². The highest BCUT2D eigenvalue weighted by Gasteiger charge is 2.02. The van der Waals surface area contributed by atoms with E-state index in [9.17, 15) is 0 Å². The van der Waals surface area contributed by atoms with Crippen molar-refractivity contribution in [3.63, 3.8) is 0 Å². The summed E-state index contributed by atoms with van der Waals surface area (Å²) in [6.45, 7) is 2.75. The van der Waals surface area contributed by atoms with Gasteiger partial charge in [0.25, 0.3) is 0 Å². The van der Waals surface area contributed by atoms with Gasteiger partial charge in [-0.1, -0.05) is 25.5 Å². The molecule has 0 spiro atoms. The number of methoxy groups -OCH3 is 1. The third kappa shape index (κ3) is 2.74. The van der Waals surface area contributed by atoms with Crippen molar-refractivity contribution >= 4 is 0 Å². The van der Waals surface area contributed by atoms with Crippen molar-refractivity contribution in [1.29, 1.82) is 0 Å². The Hall–Kier alpha value is -1.02. The molecule has 2 N–H and O–H groups in total. The van der Waals surface area contributed by atoms with Crippen LogP contribution in [0.3, 0.4) is 0 Å². The van der Waals surface area contributed by atoms with Crippen molar-refractivity contribution in [3.05, 3.63) is 29.3 Å². The molecule has 0 saturated heterocycles. The fraction of sp³-hybridized carbons (Fsp3) is 0.500. The molecule has 1 aromatic carbocycles. The van der Waals surface area contributed by atoms with Gasteiger partial charge in [-0.05, 0) is 24.5 Å². The Morgan fingerprint density at radius 3 is 2.71 bits per heavy atom. The van der Waals surface area contributed by atoms with Crippen LogP contribution in [-0.4, -0.2) is 7.11 Å². The lowest BCUT2D eigenvalue weighted by Crippen LogP contribution is -2.01. The van der Waals surface area contributed by atoms with Gasteiger partial charge >= 0.3 is 0 Å². The van der Waals surface area contributed by atoms with Gasteiger partial charge in [-0.15, -0.1) is 0 Å². The first-order chi connectivity index (χ1) is 6.81. The minimum atomic E-state index is 0.545. The topological polar surface area (TPSA) is 35.2 Å². The van der Waals surface area contributed by atoms with Crippen LogP contribution >= 0.6 is 0 Å². The number of ether oxygens (including phenoxy) is 1. The van der Waals surface area contributed by atoms with Crippen LogP contribution < -0.4 is 10.5 Å². The van der Waals surface area contributed by atoms with E-state index in [0.29, 0.717) is 6.54 Å². The van der Waals surface area contributed by atoms with E-state index in [1.165, 1.54) is 18.4 Å². The van der Waals surface area contributed by atoms with Gasteiger partial charge in [0.1, 0.15) is 5.75 Å². The molecule has 2 heteroatoms. The molecule has 0 unspecified atom stereocenters. The average Bonchev–Trinajstić information content (AvgIpc) is 2.25. The second kappa shape index (κ2) is 5.66. The molecule has 1 aromatic rings. The molecule has 0 saturated carbocycles. The van der Waals surface area contributed by atoms with Crippen LogP contribution in [0.5, 0.6) is 5.75 Å². The third-order valence-electron chi connectivity index (χ3n) is 2.38. The fourth-order valence-corrected chi connectivity index (χ4v) is 1.53. The molecule has 0 fully saturated rings. The highest BCUT2D eigenvalue weighted by Crippen LogP contribution is 2.20. The maximum atomic E-state index is 5.64. The molecule has 0 atom stereocenters. The number of hydrogen-bond donors (Lipinski definition) is 1. The minimum Gasteiger partial charge on any atom is -0.496 e. The molecule has 2 nitrogen and oxygen atoms in total. The van der Waals surface area contributed by atoms with E-state index in [1.54, 1.807) is 7.11 Å². The molecule has 0 aliphatic rings. The number of benzene rings is 1. The van der Waals surface area contributed by atoms with Crippen LogP contribution in [0.2, 0.25) is 0 Å². The first-order valence-electron chi connectivity index (χ1n) is 5.17. The Morgan fingerprint density at radius 1 is 1.36 bits per heavy atom. The van der Waals surface area contributed by atoms with Gasteiger partial charge in [0.05, 0.1) is 7.11 Å². The van der Waals surface area contributed by atoms with E-state index in [4.69, 9.17) is 10.5 Å². The molecule has 78 valence electrons. The maximum absolute atomic E-state index is 5.64. The van der Waals surface area contributed by atoms with E-state index in [0.717, 1.165) is 17.7 Å². The zero-order valence-corrected chi connectivity index (χ0v) is 9.05. The van der Waals surface area contributed by atoms with Gasteiger partial charge in [-0.3, -0.25) is 0 Å². The molecule has 0 bridgehead atoms. The zero-order valence-electron chi connectivity index (χ0n) is 9.05. The summed E-state index contributed by atoms with van der Waals surface area (Å²) in [5.74, 6) is 0.896. The summed E-state index contributed by atoms with van der Waals surface area (Å²) in [7, 11) is 1.68. The summed E-state index contributed by atoms with van der Waals surface area (Å²) in [5, 5.41) is 0. The monoisotopic (exact) mass is 193 g/mol. The number of unbranched alkanes of at least 4 members (excludes halogenated alkanes) is 1. The Bertz CT molecular complexity index is 284. The van der Waals surface area contributed by atoms with Gasteiger partial charge in [-0.25, -0.2) is 0 Å². The normalized spacial score (nSPS) is 10.2. The zero-order chi connectivity index (χ0) is 10.4. The summed E-state index contributed by atoms with van der Waals surface area (Å²) < 4.78 is 5.22. The summed E-state index contributed by atoms with van der Waals surface area (Å²) in [4.78, 5) is 0. The Balaban J connectivity index is 2.79. The van der Waals surface area contributed by atoms with Gasteiger partial charge in [0.15, 0.2) is 0 Å². The van der Waals surface area contributed by atoms with Crippen molar-refractivity contribution in [3.8, 4) is 5.75 Å². The summed E-state index contributed by atoms with van der Waals surface area (Å²) in [5.41, 5.74) is 8.10. The van der Waals surface area contributed by atoms with E-state index in [-0.39, 0.29) is 0 Å². The van der Waals surface area contributed by atoms with Crippen molar-refractivity contribution < 1.29 is 4.74 Å². The highest BCUT2D eigenvalue weighted by molar-refractivity contribution is 5.37. The molecule has 1 rings (SSSR count). The lowest BCUT2D eigenvalue weighted by Gasteiger charge is -2.08. The first-order valence-corrected chi connectivity index (χ1v) is 5.17. The van der Waals surface area contributed by atoms with Crippen LogP contribution in [0.4, 0.5) is 0 Å². The lowest BCUT2D eigenvalue weighted by atomic mass is 10.0. The summed E-state index contributed by atoms with van der Waals surface area (Å²) >= 11 is 0. The molecular formula is C12H19NO. The molecular weight excluding hydrogens is 174 g/mol. The smallest absolute Gasteiger partial charge is 0.123 e.